The number of hydrogen-bond donors (Lipinski definition) is 4. The van der Waals surface area contributed by atoms with E-state index in [1.165, 1.54) is 0 Å². The highest BCUT2D eigenvalue weighted by Gasteiger charge is 2.09. The zero-order valence-corrected chi connectivity index (χ0v) is 8.66. The fraction of sp³-hybridized carbons (Fsp3) is 0.667. The van der Waals surface area contributed by atoms with Crippen LogP contribution in [0.1, 0.15) is 12.8 Å². The van der Waals surface area contributed by atoms with Crippen molar-refractivity contribution >= 4 is 35.7 Å². The van der Waals surface area contributed by atoms with E-state index in [-0.39, 0.29) is 17.5 Å². The fourth-order valence-electron chi connectivity index (χ4n) is 0.657. The average Bonchev–Trinajstić information content (AvgIpc) is 1.97. The molecule has 1 atom stereocenters. The van der Waals surface area contributed by atoms with Gasteiger partial charge in [-0.3, -0.25) is 4.79 Å². The number of hydrogen-bond acceptors (Lipinski definition) is 3. The number of nitrogens with two attached hydrogens (primary N) is 2. The molecule has 0 aliphatic heterocycles. The topological polar surface area (TPSA) is 101 Å². The van der Waals surface area contributed by atoms with E-state index < -0.39 is 12.0 Å². The Hall–Kier alpha value is -0.590. The lowest BCUT2D eigenvalue weighted by Gasteiger charge is -2.06. The van der Waals surface area contributed by atoms with Crippen LogP contribution in [0, 0.1) is 0 Å². The molecule has 5 nitrogen and oxygen atoms in total. The number of nitrogens with one attached hydrogen (secondary N) is 1. The summed E-state index contributed by atoms with van der Waals surface area (Å²) in [5.74, 6) is -0.981. The molecule has 0 saturated carbocycles. The van der Waals surface area contributed by atoms with Crippen molar-refractivity contribution < 1.29 is 9.90 Å². The Kier molecular flexibility index (Phi) is 9.21. The minimum atomic E-state index is -0.981. The van der Waals surface area contributed by atoms with Crippen LogP contribution in [0.3, 0.4) is 0 Å². The third kappa shape index (κ3) is 9.32. The van der Waals surface area contributed by atoms with E-state index in [1.807, 2.05) is 0 Å². The first kappa shape index (κ1) is 14.9. The second kappa shape index (κ2) is 8.03. The highest BCUT2D eigenvalue weighted by atomic mass is 35.5. The number of rotatable bonds is 5. The third-order valence-corrected chi connectivity index (χ3v) is 1.45. The Bertz CT molecular complexity index is 179. The van der Waals surface area contributed by atoms with Crippen LogP contribution in [0.2, 0.25) is 0 Å². The number of carbonyl (C=O) groups is 1. The molecular formula is C6H14ClN3O2S. The Morgan fingerprint density at radius 1 is 1.62 bits per heavy atom. The summed E-state index contributed by atoms with van der Waals surface area (Å²) in [5.41, 5.74) is 10.4. The van der Waals surface area contributed by atoms with Gasteiger partial charge in [-0.1, -0.05) is 0 Å². The van der Waals surface area contributed by atoms with Gasteiger partial charge in [-0.15, -0.1) is 12.4 Å². The molecule has 78 valence electrons. The van der Waals surface area contributed by atoms with Gasteiger partial charge in [0.2, 0.25) is 0 Å². The summed E-state index contributed by atoms with van der Waals surface area (Å²) in [6.45, 7) is 0.566. The van der Waals surface area contributed by atoms with Crippen LogP contribution in [0.4, 0.5) is 0 Å². The van der Waals surface area contributed by atoms with Crippen LogP contribution in [-0.2, 0) is 4.79 Å². The first-order valence-corrected chi connectivity index (χ1v) is 3.96. The number of aliphatic carboxylic acids is 1. The van der Waals surface area contributed by atoms with Gasteiger partial charge in [-0.2, -0.15) is 0 Å². The third-order valence-electron chi connectivity index (χ3n) is 1.31. The van der Waals surface area contributed by atoms with Crippen molar-refractivity contribution in [3.05, 3.63) is 0 Å². The quantitative estimate of drug-likeness (QED) is 0.371. The molecule has 0 bridgehead atoms. The largest absolute Gasteiger partial charge is 0.480 e. The molecule has 13 heavy (non-hydrogen) atoms. The Morgan fingerprint density at radius 2 is 2.15 bits per heavy atom. The molecule has 0 rings (SSSR count). The first-order valence-electron chi connectivity index (χ1n) is 3.55. The van der Waals surface area contributed by atoms with Crippen LogP contribution in [-0.4, -0.2) is 28.8 Å². The van der Waals surface area contributed by atoms with Crippen LogP contribution in [0.25, 0.3) is 0 Å². The Labute approximate surface area is 88.3 Å². The Balaban J connectivity index is 0. The van der Waals surface area contributed by atoms with E-state index in [1.54, 1.807) is 0 Å². The lowest BCUT2D eigenvalue weighted by Crippen LogP contribution is -2.33. The minimum Gasteiger partial charge on any atom is -0.480 e. The van der Waals surface area contributed by atoms with Crippen molar-refractivity contribution in [1.29, 1.82) is 0 Å². The molecular weight excluding hydrogens is 214 g/mol. The molecule has 0 unspecified atom stereocenters. The van der Waals surface area contributed by atoms with Crippen LogP contribution < -0.4 is 16.8 Å². The molecule has 0 fully saturated rings. The lowest BCUT2D eigenvalue weighted by atomic mass is 10.2. The molecule has 0 aromatic heterocycles. The monoisotopic (exact) mass is 227 g/mol. The molecule has 0 heterocycles. The zero-order valence-electron chi connectivity index (χ0n) is 7.03. The molecule has 6 N–H and O–H groups in total. The zero-order chi connectivity index (χ0) is 9.56. The first-order chi connectivity index (χ1) is 5.54. The highest BCUT2D eigenvalue weighted by Crippen LogP contribution is 1.92. The van der Waals surface area contributed by atoms with E-state index in [0.717, 1.165) is 0 Å². The molecule has 0 aliphatic carbocycles. The molecule has 0 saturated heterocycles. The smallest absolute Gasteiger partial charge is 0.320 e. The fourth-order valence-corrected chi connectivity index (χ4v) is 0.759. The van der Waals surface area contributed by atoms with Gasteiger partial charge < -0.3 is 21.9 Å². The lowest BCUT2D eigenvalue weighted by molar-refractivity contribution is -0.138. The maximum atomic E-state index is 10.2. The van der Waals surface area contributed by atoms with Gasteiger partial charge in [-0.05, 0) is 25.1 Å². The standard InChI is InChI=1S/C6H13N3O2S.ClH/c7-4(5(10)11)2-1-3-9-6(8)12;/h4H,1-3,7H2,(H,10,11)(H3,8,9,12);1H/t4-;/m0./s1. The maximum absolute atomic E-state index is 10.2. The summed E-state index contributed by atoms with van der Waals surface area (Å²) >= 11 is 4.55. The number of thiocarbonyl (C=S) groups is 1. The average molecular weight is 228 g/mol. The molecule has 0 spiro atoms. The second-order valence-corrected chi connectivity index (χ2v) is 2.82. The van der Waals surface area contributed by atoms with Crippen molar-refractivity contribution in [3.8, 4) is 0 Å². The number of carboxylic acid groups (broad SMARTS) is 1. The molecule has 0 amide bonds. The van der Waals surface area contributed by atoms with Gasteiger partial charge in [0.25, 0.3) is 0 Å². The van der Waals surface area contributed by atoms with E-state index in [0.29, 0.717) is 19.4 Å². The molecule has 0 aliphatic rings. The Morgan fingerprint density at radius 3 is 2.54 bits per heavy atom. The summed E-state index contributed by atoms with van der Waals surface area (Å²) in [6, 6.07) is -0.793. The maximum Gasteiger partial charge on any atom is 0.320 e. The second-order valence-electron chi connectivity index (χ2n) is 2.38. The highest BCUT2D eigenvalue weighted by molar-refractivity contribution is 7.80. The van der Waals surface area contributed by atoms with Crippen LogP contribution in [0.15, 0.2) is 0 Å². The predicted molar refractivity (Wildman–Crippen MR) is 56.9 cm³/mol. The molecule has 7 heteroatoms. The molecule has 0 aromatic carbocycles. The molecule has 0 radical (unpaired) electrons. The van der Waals surface area contributed by atoms with Crippen molar-refractivity contribution in [2.75, 3.05) is 6.54 Å². The van der Waals surface area contributed by atoms with Crippen molar-refractivity contribution in [2.45, 2.75) is 18.9 Å². The van der Waals surface area contributed by atoms with E-state index in [2.05, 4.69) is 17.5 Å². The van der Waals surface area contributed by atoms with Crippen molar-refractivity contribution in [3.63, 3.8) is 0 Å². The summed E-state index contributed by atoms with van der Waals surface area (Å²) in [6.07, 6.45) is 1.07. The van der Waals surface area contributed by atoms with Gasteiger partial charge in [0.1, 0.15) is 6.04 Å². The number of carboxylic acids is 1. The normalized spacial score (nSPS) is 11.2. The summed E-state index contributed by atoms with van der Waals surface area (Å²) in [4.78, 5) is 10.2. The molecule has 0 aromatic rings. The van der Waals surface area contributed by atoms with Gasteiger partial charge >= 0.3 is 5.97 Å². The van der Waals surface area contributed by atoms with Gasteiger partial charge in [0.05, 0.1) is 0 Å². The van der Waals surface area contributed by atoms with Crippen molar-refractivity contribution in [2.24, 2.45) is 11.5 Å². The van der Waals surface area contributed by atoms with Gasteiger partial charge in [0.15, 0.2) is 5.11 Å². The van der Waals surface area contributed by atoms with E-state index >= 15 is 0 Å². The van der Waals surface area contributed by atoms with Gasteiger partial charge in [0, 0.05) is 6.54 Å². The van der Waals surface area contributed by atoms with Crippen LogP contribution >= 0.6 is 24.6 Å². The minimum absolute atomic E-state index is 0. The van der Waals surface area contributed by atoms with E-state index in [9.17, 15) is 4.79 Å². The van der Waals surface area contributed by atoms with Crippen LogP contribution in [0.5, 0.6) is 0 Å². The summed E-state index contributed by atoms with van der Waals surface area (Å²) in [7, 11) is 0. The number of halogens is 1. The predicted octanol–water partition coefficient (Wildman–Crippen LogP) is -0.567. The SMILES string of the molecule is Cl.NC(=S)NCCC[C@H](N)C(=O)O. The van der Waals surface area contributed by atoms with E-state index in [4.69, 9.17) is 16.6 Å². The van der Waals surface area contributed by atoms with Crippen molar-refractivity contribution in [1.82, 2.24) is 5.32 Å². The summed E-state index contributed by atoms with van der Waals surface area (Å²) < 4.78 is 0. The van der Waals surface area contributed by atoms with Gasteiger partial charge in [-0.25, -0.2) is 0 Å². The summed E-state index contributed by atoms with van der Waals surface area (Å²) in [5, 5.41) is 11.3.